The third kappa shape index (κ3) is 2.34. The van der Waals surface area contributed by atoms with E-state index in [4.69, 9.17) is 0 Å². The first kappa shape index (κ1) is 9.26. The first-order valence-corrected chi connectivity index (χ1v) is 4.87. The Bertz CT molecular complexity index is 265. The standard InChI is InChI=1S/C9H12O2S/c1-2-7-5-6-12-8(7)3-4-9(10)11/h5-6H,2-4H2,1H3,(H,10,11)/p-1. The van der Waals surface area contributed by atoms with Crippen LogP contribution in [0, 0.1) is 0 Å². The zero-order chi connectivity index (χ0) is 8.97. The maximum absolute atomic E-state index is 10.2. The molecule has 0 radical (unpaired) electrons. The van der Waals surface area contributed by atoms with Gasteiger partial charge in [0.2, 0.25) is 0 Å². The minimum absolute atomic E-state index is 0.132. The van der Waals surface area contributed by atoms with Gasteiger partial charge in [-0.1, -0.05) is 6.92 Å². The van der Waals surface area contributed by atoms with Crippen LogP contribution in [0.15, 0.2) is 11.4 Å². The molecule has 0 aromatic carbocycles. The number of hydrogen-bond acceptors (Lipinski definition) is 3. The second kappa shape index (κ2) is 4.26. The molecule has 2 nitrogen and oxygen atoms in total. The summed E-state index contributed by atoms with van der Waals surface area (Å²) in [7, 11) is 0. The highest BCUT2D eigenvalue weighted by Gasteiger charge is 2.01. The molecule has 1 heterocycles. The Morgan fingerprint density at radius 3 is 3.00 bits per heavy atom. The summed E-state index contributed by atoms with van der Waals surface area (Å²) in [5, 5.41) is 12.2. The number of rotatable bonds is 4. The highest BCUT2D eigenvalue weighted by Crippen LogP contribution is 2.18. The lowest BCUT2D eigenvalue weighted by Gasteiger charge is -2.01. The van der Waals surface area contributed by atoms with Crippen molar-refractivity contribution < 1.29 is 9.90 Å². The molecule has 0 unspecified atom stereocenters. The molecule has 0 saturated carbocycles. The van der Waals surface area contributed by atoms with Crippen molar-refractivity contribution in [2.24, 2.45) is 0 Å². The number of thiophene rings is 1. The summed E-state index contributed by atoms with van der Waals surface area (Å²) in [6.45, 7) is 2.07. The van der Waals surface area contributed by atoms with Crippen LogP contribution < -0.4 is 5.11 Å². The highest BCUT2D eigenvalue weighted by molar-refractivity contribution is 7.10. The summed E-state index contributed by atoms with van der Waals surface area (Å²) >= 11 is 1.62. The van der Waals surface area contributed by atoms with Crippen LogP contribution in [0.3, 0.4) is 0 Å². The summed E-state index contributed by atoms with van der Waals surface area (Å²) < 4.78 is 0. The zero-order valence-corrected chi connectivity index (χ0v) is 7.82. The summed E-state index contributed by atoms with van der Waals surface area (Å²) in [5.41, 5.74) is 1.27. The van der Waals surface area contributed by atoms with Crippen LogP contribution in [0.4, 0.5) is 0 Å². The van der Waals surface area contributed by atoms with Crippen LogP contribution >= 0.6 is 11.3 Å². The van der Waals surface area contributed by atoms with E-state index in [0.717, 1.165) is 6.42 Å². The van der Waals surface area contributed by atoms with E-state index >= 15 is 0 Å². The SMILES string of the molecule is CCc1ccsc1CCC(=O)[O-]. The van der Waals surface area contributed by atoms with Gasteiger partial charge in [-0.25, -0.2) is 0 Å². The molecule has 12 heavy (non-hydrogen) atoms. The van der Waals surface area contributed by atoms with E-state index in [1.807, 2.05) is 5.38 Å². The summed E-state index contributed by atoms with van der Waals surface area (Å²) in [5.74, 6) is -0.967. The van der Waals surface area contributed by atoms with Crippen LogP contribution in [-0.4, -0.2) is 5.97 Å². The van der Waals surface area contributed by atoms with E-state index in [1.54, 1.807) is 11.3 Å². The number of carboxylic acid groups (broad SMARTS) is 1. The van der Waals surface area contributed by atoms with E-state index in [-0.39, 0.29) is 6.42 Å². The van der Waals surface area contributed by atoms with Crippen molar-refractivity contribution in [2.75, 3.05) is 0 Å². The molecular formula is C9H11O2S-. The largest absolute Gasteiger partial charge is 0.550 e. The number of hydrogen-bond donors (Lipinski definition) is 0. The maximum Gasteiger partial charge on any atom is 0.0417 e. The molecule has 0 spiro atoms. The molecular weight excluding hydrogens is 172 g/mol. The fourth-order valence-corrected chi connectivity index (χ4v) is 2.10. The molecule has 0 bridgehead atoms. The van der Waals surface area contributed by atoms with Gasteiger partial charge in [-0.15, -0.1) is 11.3 Å². The van der Waals surface area contributed by atoms with E-state index in [0.29, 0.717) is 6.42 Å². The third-order valence-corrected chi connectivity index (χ3v) is 2.80. The Morgan fingerprint density at radius 2 is 2.42 bits per heavy atom. The smallest absolute Gasteiger partial charge is 0.0417 e. The minimum atomic E-state index is -0.967. The fraction of sp³-hybridized carbons (Fsp3) is 0.444. The van der Waals surface area contributed by atoms with Crippen molar-refractivity contribution in [1.82, 2.24) is 0 Å². The van der Waals surface area contributed by atoms with E-state index in [2.05, 4.69) is 13.0 Å². The van der Waals surface area contributed by atoms with Crippen LogP contribution in [0.1, 0.15) is 23.8 Å². The van der Waals surface area contributed by atoms with Gasteiger partial charge in [-0.05, 0) is 36.3 Å². The highest BCUT2D eigenvalue weighted by atomic mass is 32.1. The van der Waals surface area contributed by atoms with Crippen LogP contribution in [0.2, 0.25) is 0 Å². The van der Waals surface area contributed by atoms with Crippen LogP contribution in [0.5, 0.6) is 0 Å². The van der Waals surface area contributed by atoms with Crippen molar-refractivity contribution in [1.29, 1.82) is 0 Å². The molecule has 3 heteroatoms. The first-order chi connectivity index (χ1) is 5.74. The quantitative estimate of drug-likeness (QED) is 0.698. The van der Waals surface area contributed by atoms with Crippen molar-refractivity contribution in [3.05, 3.63) is 21.9 Å². The average molecular weight is 183 g/mol. The number of carbonyl (C=O) groups excluding carboxylic acids is 1. The Kier molecular flexibility index (Phi) is 3.29. The molecule has 0 saturated heterocycles. The number of carboxylic acids is 1. The Labute approximate surface area is 75.9 Å². The van der Waals surface area contributed by atoms with Crippen molar-refractivity contribution in [3.8, 4) is 0 Å². The normalized spacial score (nSPS) is 10.1. The van der Waals surface area contributed by atoms with E-state index in [9.17, 15) is 9.90 Å². The molecule has 0 atom stereocenters. The predicted molar refractivity (Wildman–Crippen MR) is 47.0 cm³/mol. The van der Waals surface area contributed by atoms with Crippen molar-refractivity contribution >= 4 is 17.3 Å². The molecule has 0 N–H and O–H groups in total. The Balaban J connectivity index is 2.56. The second-order valence-corrected chi connectivity index (χ2v) is 3.60. The number of carbonyl (C=O) groups is 1. The predicted octanol–water partition coefficient (Wildman–Crippen LogP) is 0.993. The molecule has 0 aliphatic carbocycles. The number of aliphatic carboxylic acids is 1. The van der Waals surface area contributed by atoms with Gasteiger partial charge < -0.3 is 9.90 Å². The van der Waals surface area contributed by atoms with Gasteiger partial charge in [0.25, 0.3) is 0 Å². The van der Waals surface area contributed by atoms with Gasteiger partial charge in [0.05, 0.1) is 0 Å². The lowest BCUT2D eigenvalue weighted by atomic mass is 10.1. The summed E-state index contributed by atoms with van der Waals surface area (Å²) in [6.07, 6.45) is 1.72. The van der Waals surface area contributed by atoms with Crippen molar-refractivity contribution in [3.63, 3.8) is 0 Å². The van der Waals surface area contributed by atoms with Gasteiger partial charge in [0, 0.05) is 10.8 Å². The fourth-order valence-electron chi connectivity index (χ4n) is 1.12. The first-order valence-electron chi connectivity index (χ1n) is 3.99. The van der Waals surface area contributed by atoms with Gasteiger partial charge in [0.1, 0.15) is 0 Å². The van der Waals surface area contributed by atoms with Crippen molar-refractivity contribution in [2.45, 2.75) is 26.2 Å². The lowest BCUT2D eigenvalue weighted by molar-refractivity contribution is -0.305. The van der Waals surface area contributed by atoms with Crippen LogP contribution in [0.25, 0.3) is 0 Å². The molecule has 0 fully saturated rings. The Morgan fingerprint density at radius 1 is 1.67 bits per heavy atom. The van der Waals surface area contributed by atoms with E-state index in [1.165, 1.54) is 10.4 Å². The molecule has 1 aromatic rings. The summed E-state index contributed by atoms with van der Waals surface area (Å²) in [6, 6.07) is 2.05. The third-order valence-electron chi connectivity index (χ3n) is 1.77. The monoisotopic (exact) mass is 183 g/mol. The lowest BCUT2D eigenvalue weighted by Crippen LogP contribution is -2.22. The van der Waals surface area contributed by atoms with Gasteiger partial charge in [0.15, 0.2) is 0 Å². The van der Waals surface area contributed by atoms with Gasteiger partial charge >= 0.3 is 0 Å². The van der Waals surface area contributed by atoms with Gasteiger partial charge in [-0.2, -0.15) is 0 Å². The topological polar surface area (TPSA) is 40.1 Å². The average Bonchev–Trinajstić information content (AvgIpc) is 2.47. The number of aryl methyl sites for hydroxylation is 2. The van der Waals surface area contributed by atoms with Gasteiger partial charge in [-0.3, -0.25) is 0 Å². The molecule has 0 aliphatic rings. The molecule has 66 valence electrons. The summed E-state index contributed by atoms with van der Waals surface area (Å²) in [4.78, 5) is 11.4. The minimum Gasteiger partial charge on any atom is -0.550 e. The molecule has 0 amide bonds. The molecule has 0 aliphatic heterocycles. The Hall–Kier alpha value is -0.830. The zero-order valence-electron chi connectivity index (χ0n) is 7.00. The molecule has 1 aromatic heterocycles. The molecule has 1 rings (SSSR count). The van der Waals surface area contributed by atoms with Crippen LogP contribution in [-0.2, 0) is 17.6 Å². The van der Waals surface area contributed by atoms with E-state index < -0.39 is 5.97 Å². The second-order valence-electron chi connectivity index (χ2n) is 2.59. The maximum atomic E-state index is 10.2.